The van der Waals surface area contributed by atoms with Crippen LogP contribution in [0.2, 0.25) is 0 Å². The van der Waals surface area contributed by atoms with Gasteiger partial charge in [0.15, 0.2) is 0 Å². The molecule has 0 bridgehead atoms. The Balaban J connectivity index is 1.61. The third-order valence-electron chi connectivity index (χ3n) is 6.01. The van der Waals surface area contributed by atoms with Crippen LogP contribution in [0.1, 0.15) is 40.9 Å². The van der Waals surface area contributed by atoms with Crippen LogP contribution in [0.15, 0.2) is 59.6 Å². The molecule has 5 rings (SSSR count). The molecule has 0 unspecified atom stereocenters. The second-order valence-electron chi connectivity index (χ2n) is 8.13. The SMILES string of the molecule is C/N=C\c1cccc2c1cc(C)n2-c1nc2c(c(NCc3ccccc3)n1)CCCC2. The minimum absolute atomic E-state index is 0.745. The van der Waals surface area contributed by atoms with E-state index in [1.165, 1.54) is 35.0 Å². The van der Waals surface area contributed by atoms with Crippen LogP contribution < -0.4 is 5.32 Å². The largest absolute Gasteiger partial charge is 0.366 e. The van der Waals surface area contributed by atoms with Gasteiger partial charge >= 0.3 is 0 Å². The Morgan fingerprint density at radius 1 is 1.03 bits per heavy atom. The Labute approximate surface area is 182 Å². The first-order valence-corrected chi connectivity index (χ1v) is 11.0. The molecule has 0 saturated carbocycles. The van der Waals surface area contributed by atoms with E-state index in [-0.39, 0.29) is 0 Å². The van der Waals surface area contributed by atoms with E-state index in [0.29, 0.717) is 0 Å². The molecule has 1 N–H and O–H groups in total. The Kier molecular flexibility index (Phi) is 5.24. The van der Waals surface area contributed by atoms with Gasteiger partial charge in [0, 0.05) is 42.0 Å². The van der Waals surface area contributed by atoms with Crippen LogP contribution in [0.3, 0.4) is 0 Å². The minimum Gasteiger partial charge on any atom is -0.366 e. The van der Waals surface area contributed by atoms with Crippen molar-refractivity contribution in [3.8, 4) is 5.95 Å². The number of hydrogen-bond acceptors (Lipinski definition) is 4. The molecule has 0 radical (unpaired) electrons. The van der Waals surface area contributed by atoms with Crippen LogP contribution in [-0.4, -0.2) is 27.8 Å². The molecule has 0 atom stereocenters. The van der Waals surface area contributed by atoms with E-state index in [2.05, 4.69) is 70.3 Å². The number of benzene rings is 2. The normalized spacial score (nSPS) is 13.6. The molecule has 2 heterocycles. The molecule has 1 aliphatic carbocycles. The molecule has 4 aromatic rings. The molecular formula is C26H27N5. The molecule has 1 aliphatic rings. The lowest BCUT2D eigenvalue weighted by molar-refractivity contribution is 0.659. The quantitative estimate of drug-likeness (QED) is 0.457. The van der Waals surface area contributed by atoms with E-state index in [0.717, 1.165) is 47.9 Å². The fraction of sp³-hybridized carbons (Fsp3) is 0.269. The fourth-order valence-electron chi connectivity index (χ4n) is 4.51. The number of fused-ring (bicyclic) bond motifs is 2. The van der Waals surface area contributed by atoms with Gasteiger partial charge in [0.25, 0.3) is 0 Å². The van der Waals surface area contributed by atoms with Gasteiger partial charge in [-0.3, -0.25) is 9.56 Å². The highest BCUT2D eigenvalue weighted by molar-refractivity contribution is 5.99. The van der Waals surface area contributed by atoms with Gasteiger partial charge in [-0.25, -0.2) is 4.98 Å². The molecule has 5 nitrogen and oxygen atoms in total. The molecule has 0 saturated heterocycles. The fourth-order valence-corrected chi connectivity index (χ4v) is 4.51. The average molecular weight is 410 g/mol. The molecule has 0 aliphatic heterocycles. The highest BCUT2D eigenvalue weighted by atomic mass is 15.2. The number of nitrogens with one attached hydrogen (secondary N) is 1. The van der Waals surface area contributed by atoms with E-state index in [1.54, 1.807) is 7.05 Å². The van der Waals surface area contributed by atoms with Gasteiger partial charge in [0.1, 0.15) is 5.82 Å². The number of rotatable bonds is 5. The number of anilines is 1. The highest BCUT2D eigenvalue weighted by Crippen LogP contribution is 2.30. The molecule has 0 spiro atoms. The molecule has 2 aromatic carbocycles. The summed E-state index contributed by atoms with van der Waals surface area (Å²) in [5.41, 5.74) is 7.05. The van der Waals surface area contributed by atoms with E-state index < -0.39 is 0 Å². The number of aromatic nitrogens is 3. The first-order valence-electron chi connectivity index (χ1n) is 11.0. The summed E-state index contributed by atoms with van der Waals surface area (Å²) >= 11 is 0. The lowest BCUT2D eigenvalue weighted by Gasteiger charge is -2.21. The minimum atomic E-state index is 0.745. The number of aliphatic imine (C=N–C) groups is 1. The molecule has 5 heteroatoms. The highest BCUT2D eigenvalue weighted by Gasteiger charge is 2.20. The van der Waals surface area contributed by atoms with Crippen LogP contribution >= 0.6 is 0 Å². The molecule has 0 fully saturated rings. The first-order chi connectivity index (χ1) is 15.2. The molecule has 156 valence electrons. The second kappa shape index (κ2) is 8.34. The van der Waals surface area contributed by atoms with Crippen LogP contribution in [0.25, 0.3) is 16.9 Å². The Hall–Kier alpha value is -3.47. The van der Waals surface area contributed by atoms with E-state index in [4.69, 9.17) is 9.97 Å². The summed E-state index contributed by atoms with van der Waals surface area (Å²) < 4.78 is 2.17. The van der Waals surface area contributed by atoms with Crippen molar-refractivity contribution in [2.45, 2.75) is 39.2 Å². The standard InChI is InChI=1S/C26H27N5/c1-18-15-22-20(17-27-2)11-8-14-24(22)31(18)26-29-23-13-7-6-12-21(23)25(30-26)28-16-19-9-4-3-5-10-19/h3-5,8-11,14-15,17H,6-7,12-13,16H2,1-2H3,(H,28,29,30)/b27-17-. The molecular weight excluding hydrogens is 382 g/mol. The lowest BCUT2D eigenvalue weighted by Crippen LogP contribution is -2.16. The van der Waals surface area contributed by atoms with Gasteiger partial charge in [-0.1, -0.05) is 42.5 Å². The first kappa shape index (κ1) is 19.5. The van der Waals surface area contributed by atoms with Crippen molar-refractivity contribution in [1.82, 2.24) is 14.5 Å². The van der Waals surface area contributed by atoms with E-state index in [9.17, 15) is 0 Å². The van der Waals surface area contributed by atoms with Crippen LogP contribution in [0.4, 0.5) is 5.82 Å². The topological polar surface area (TPSA) is 55.1 Å². The maximum atomic E-state index is 5.04. The van der Waals surface area contributed by atoms with Gasteiger partial charge < -0.3 is 5.32 Å². The summed E-state index contributed by atoms with van der Waals surface area (Å²) in [6.07, 6.45) is 6.34. The van der Waals surface area contributed by atoms with Crippen molar-refractivity contribution in [1.29, 1.82) is 0 Å². The monoisotopic (exact) mass is 409 g/mol. The average Bonchev–Trinajstić information content (AvgIpc) is 3.15. The maximum absolute atomic E-state index is 5.04. The third kappa shape index (κ3) is 3.72. The zero-order valence-electron chi connectivity index (χ0n) is 18.1. The Morgan fingerprint density at radius 3 is 2.71 bits per heavy atom. The molecule has 31 heavy (non-hydrogen) atoms. The van der Waals surface area contributed by atoms with Crippen LogP contribution in [-0.2, 0) is 19.4 Å². The van der Waals surface area contributed by atoms with Crippen molar-refractivity contribution in [2.75, 3.05) is 12.4 Å². The summed E-state index contributed by atoms with van der Waals surface area (Å²) in [6, 6.07) is 19.0. The predicted octanol–water partition coefficient (Wildman–Crippen LogP) is 5.27. The summed E-state index contributed by atoms with van der Waals surface area (Å²) in [4.78, 5) is 14.3. The van der Waals surface area contributed by atoms with Crippen molar-refractivity contribution >= 4 is 22.9 Å². The second-order valence-corrected chi connectivity index (χ2v) is 8.13. The van der Waals surface area contributed by atoms with Gasteiger partial charge in [0.05, 0.1) is 11.2 Å². The summed E-state index contributed by atoms with van der Waals surface area (Å²) in [6.45, 7) is 2.87. The smallest absolute Gasteiger partial charge is 0.236 e. The van der Waals surface area contributed by atoms with Gasteiger partial charge in [-0.2, -0.15) is 4.98 Å². The summed E-state index contributed by atoms with van der Waals surface area (Å²) in [7, 11) is 1.81. The summed E-state index contributed by atoms with van der Waals surface area (Å²) in [5, 5.41) is 4.78. The molecule has 0 amide bonds. The zero-order valence-corrected chi connectivity index (χ0v) is 18.1. The van der Waals surface area contributed by atoms with Crippen LogP contribution in [0.5, 0.6) is 0 Å². The van der Waals surface area contributed by atoms with Gasteiger partial charge in [-0.15, -0.1) is 0 Å². The van der Waals surface area contributed by atoms with Crippen molar-refractivity contribution < 1.29 is 0 Å². The predicted molar refractivity (Wildman–Crippen MR) is 128 cm³/mol. The lowest BCUT2D eigenvalue weighted by atomic mass is 9.96. The Morgan fingerprint density at radius 2 is 1.87 bits per heavy atom. The number of nitrogens with zero attached hydrogens (tertiary/aromatic N) is 4. The maximum Gasteiger partial charge on any atom is 0.236 e. The number of aryl methyl sites for hydroxylation is 2. The molecule has 2 aromatic heterocycles. The van der Waals surface area contributed by atoms with Crippen molar-refractivity contribution in [3.05, 3.63) is 82.7 Å². The van der Waals surface area contributed by atoms with Crippen molar-refractivity contribution in [2.24, 2.45) is 4.99 Å². The van der Waals surface area contributed by atoms with E-state index in [1.807, 2.05) is 12.3 Å². The Bertz CT molecular complexity index is 1250. The number of hydrogen-bond donors (Lipinski definition) is 1. The van der Waals surface area contributed by atoms with E-state index >= 15 is 0 Å². The van der Waals surface area contributed by atoms with Gasteiger partial charge in [0.2, 0.25) is 5.95 Å². The van der Waals surface area contributed by atoms with Crippen LogP contribution in [0, 0.1) is 6.92 Å². The zero-order chi connectivity index (χ0) is 21.2. The third-order valence-corrected chi connectivity index (χ3v) is 6.01. The van der Waals surface area contributed by atoms with Crippen molar-refractivity contribution in [3.63, 3.8) is 0 Å². The van der Waals surface area contributed by atoms with Gasteiger partial charge in [-0.05, 0) is 50.3 Å². The summed E-state index contributed by atoms with van der Waals surface area (Å²) in [5.74, 6) is 1.71.